The molecular formula is C13H21N3O3S. The first-order valence-electron chi connectivity index (χ1n) is 6.73. The molecule has 0 spiro atoms. The summed E-state index contributed by atoms with van der Waals surface area (Å²) in [5.74, 6) is 0.415. The molecule has 7 heteroatoms. The van der Waals surface area contributed by atoms with Crippen molar-refractivity contribution in [1.82, 2.24) is 4.72 Å². The van der Waals surface area contributed by atoms with Crippen LogP contribution in [0.5, 0.6) is 0 Å². The number of rotatable bonds is 6. The second kappa shape index (κ2) is 5.99. The Labute approximate surface area is 119 Å². The van der Waals surface area contributed by atoms with Crippen LogP contribution in [0, 0.1) is 5.92 Å². The molecular weight excluding hydrogens is 278 g/mol. The molecule has 0 aromatic heterocycles. The van der Waals surface area contributed by atoms with Gasteiger partial charge in [-0.05, 0) is 37.0 Å². The van der Waals surface area contributed by atoms with Crippen LogP contribution in [0.2, 0.25) is 0 Å². The lowest BCUT2D eigenvalue weighted by molar-refractivity contribution is 0.0487. The van der Waals surface area contributed by atoms with Gasteiger partial charge in [0.1, 0.15) is 0 Å². The van der Waals surface area contributed by atoms with Gasteiger partial charge in [0, 0.05) is 13.1 Å². The zero-order valence-electron chi connectivity index (χ0n) is 11.5. The highest BCUT2D eigenvalue weighted by Gasteiger charge is 2.26. The Morgan fingerprint density at radius 3 is 2.70 bits per heavy atom. The highest BCUT2D eigenvalue weighted by Crippen LogP contribution is 2.29. The van der Waals surface area contributed by atoms with Crippen molar-refractivity contribution in [3.8, 4) is 0 Å². The van der Waals surface area contributed by atoms with Gasteiger partial charge < -0.3 is 16.2 Å². The smallest absolute Gasteiger partial charge is 0.240 e. The Morgan fingerprint density at radius 2 is 2.10 bits per heavy atom. The summed E-state index contributed by atoms with van der Waals surface area (Å²) >= 11 is 0. The lowest BCUT2D eigenvalue weighted by atomic mass is 9.82. The van der Waals surface area contributed by atoms with Crippen molar-refractivity contribution in [1.29, 1.82) is 0 Å². The zero-order chi connectivity index (χ0) is 14.8. The van der Waals surface area contributed by atoms with Crippen LogP contribution in [-0.2, 0) is 10.0 Å². The fraction of sp³-hybridized carbons (Fsp3) is 0.538. The van der Waals surface area contributed by atoms with Gasteiger partial charge in [0.2, 0.25) is 10.0 Å². The number of hydrogen-bond donors (Lipinski definition) is 4. The van der Waals surface area contributed by atoms with Crippen molar-refractivity contribution in [2.75, 3.05) is 24.1 Å². The van der Waals surface area contributed by atoms with Crippen molar-refractivity contribution in [2.24, 2.45) is 5.92 Å². The minimum atomic E-state index is -3.47. The van der Waals surface area contributed by atoms with Crippen LogP contribution in [0.15, 0.2) is 23.1 Å². The minimum absolute atomic E-state index is 0.195. The number of hydrogen-bond acceptors (Lipinski definition) is 5. The Kier molecular flexibility index (Phi) is 4.52. The van der Waals surface area contributed by atoms with Gasteiger partial charge in [-0.25, -0.2) is 13.1 Å². The molecule has 1 aliphatic carbocycles. The van der Waals surface area contributed by atoms with E-state index in [-0.39, 0.29) is 11.0 Å². The molecule has 1 fully saturated rings. The van der Waals surface area contributed by atoms with Crippen molar-refractivity contribution >= 4 is 21.4 Å². The largest absolute Gasteiger partial charge is 0.397 e. The lowest BCUT2D eigenvalue weighted by Crippen LogP contribution is -2.33. The normalized spacial score (nSPS) is 22.3. The highest BCUT2D eigenvalue weighted by molar-refractivity contribution is 7.89. The molecule has 0 radical (unpaired) electrons. The molecule has 5 N–H and O–H groups in total. The summed E-state index contributed by atoms with van der Waals surface area (Å²) < 4.78 is 26.3. The molecule has 2 rings (SSSR count). The maximum Gasteiger partial charge on any atom is 0.240 e. The summed E-state index contributed by atoms with van der Waals surface area (Å²) in [7, 11) is -3.47. The van der Waals surface area contributed by atoms with Crippen molar-refractivity contribution < 1.29 is 13.5 Å². The topological polar surface area (TPSA) is 104 Å². The average molecular weight is 299 g/mol. The van der Waals surface area contributed by atoms with Crippen LogP contribution in [0.4, 0.5) is 11.4 Å². The third-order valence-corrected chi connectivity index (χ3v) is 5.00. The van der Waals surface area contributed by atoms with E-state index in [2.05, 4.69) is 10.0 Å². The van der Waals surface area contributed by atoms with E-state index in [4.69, 9.17) is 5.73 Å². The molecule has 0 amide bonds. The number of benzene rings is 1. The number of aliphatic hydroxyl groups is 1. The quantitative estimate of drug-likeness (QED) is 0.580. The Morgan fingerprint density at radius 1 is 1.40 bits per heavy atom. The molecule has 1 aromatic carbocycles. The van der Waals surface area contributed by atoms with E-state index in [1.165, 1.54) is 6.07 Å². The van der Waals surface area contributed by atoms with Crippen LogP contribution in [0.3, 0.4) is 0 Å². The van der Waals surface area contributed by atoms with Crippen LogP contribution in [0.25, 0.3) is 0 Å². The second-order valence-corrected chi connectivity index (χ2v) is 6.89. The summed E-state index contributed by atoms with van der Waals surface area (Å²) in [6, 6.07) is 4.62. The van der Waals surface area contributed by atoms with E-state index >= 15 is 0 Å². The predicted octanol–water partition coefficient (Wildman–Crippen LogP) is 0.750. The van der Waals surface area contributed by atoms with E-state index in [1.807, 2.05) is 0 Å². The van der Waals surface area contributed by atoms with Crippen molar-refractivity contribution in [3.63, 3.8) is 0 Å². The van der Waals surface area contributed by atoms with E-state index in [1.54, 1.807) is 19.1 Å². The van der Waals surface area contributed by atoms with Gasteiger partial charge in [-0.1, -0.05) is 6.92 Å². The lowest BCUT2D eigenvalue weighted by Gasteiger charge is -2.31. The van der Waals surface area contributed by atoms with Crippen molar-refractivity contribution in [3.05, 3.63) is 18.2 Å². The highest BCUT2D eigenvalue weighted by atomic mass is 32.2. The first-order valence-corrected chi connectivity index (χ1v) is 8.22. The summed E-state index contributed by atoms with van der Waals surface area (Å²) in [5.41, 5.74) is 6.98. The van der Waals surface area contributed by atoms with Gasteiger partial charge in [0.15, 0.2) is 0 Å². The van der Waals surface area contributed by atoms with Gasteiger partial charge in [-0.3, -0.25) is 0 Å². The standard InChI is InChI=1S/C13H21N3O3S/c1-2-16-20(18,19)11-3-4-12(14)13(7-11)15-8-9-5-10(17)6-9/h3-4,7,9-10,15-17H,2,5-6,8,14H2,1H3. The number of nitrogen functional groups attached to an aromatic ring is 1. The van der Waals surface area contributed by atoms with Gasteiger partial charge in [-0.15, -0.1) is 0 Å². The van der Waals surface area contributed by atoms with Gasteiger partial charge >= 0.3 is 0 Å². The summed E-state index contributed by atoms with van der Waals surface area (Å²) in [5, 5.41) is 12.4. The Bertz CT molecular complexity index is 568. The number of nitrogens with two attached hydrogens (primary N) is 1. The molecule has 0 saturated heterocycles. The first kappa shape index (κ1) is 15.1. The molecule has 0 atom stereocenters. The molecule has 0 unspecified atom stereocenters. The number of aliphatic hydroxyl groups excluding tert-OH is 1. The van der Waals surface area contributed by atoms with Gasteiger partial charge in [-0.2, -0.15) is 0 Å². The maximum absolute atomic E-state index is 11.9. The molecule has 0 heterocycles. The SMILES string of the molecule is CCNS(=O)(=O)c1ccc(N)c(NCC2CC(O)C2)c1. The van der Waals surface area contributed by atoms with Crippen LogP contribution < -0.4 is 15.8 Å². The van der Waals surface area contributed by atoms with Crippen molar-refractivity contribution in [2.45, 2.75) is 30.8 Å². The summed E-state index contributed by atoms with van der Waals surface area (Å²) in [4.78, 5) is 0.199. The average Bonchev–Trinajstić information content (AvgIpc) is 2.34. The van der Waals surface area contributed by atoms with Crippen LogP contribution in [0.1, 0.15) is 19.8 Å². The molecule has 1 aliphatic rings. The summed E-state index contributed by atoms with van der Waals surface area (Å²) in [6.07, 6.45) is 1.37. The Hall–Kier alpha value is -1.31. The van der Waals surface area contributed by atoms with Crippen LogP contribution >= 0.6 is 0 Å². The van der Waals surface area contributed by atoms with E-state index in [0.29, 0.717) is 30.4 Å². The fourth-order valence-corrected chi connectivity index (χ4v) is 3.32. The molecule has 0 aliphatic heterocycles. The number of nitrogens with one attached hydrogen (secondary N) is 2. The van der Waals surface area contributed by atoms with Crippen LogP contribution in [-0.4, -0.2) is 32.7 Å². The third-order valence-electron chi connectivity index (χ3n) is 3.46. The molecule has 6 nitrogen and oxygen atoms in total. The second-order valence-electron chi connectivity index (χ2n) is 5.12. The molecule has 1 aromatic rings. The molecule has 1 saturated carbocycles. The first-order chi connectivity index (χ1) is 9.42. The fourth-order valence-electron chi connectivity index (χ4n) is 2.25. The number of sulfonamides is 1. The number of anilines is 2. The summed E-state index contributed by atoms with van der Waals surface area (Å²) in [6.45, 7) is 2.76. The molecule has 112 valence electrons. The molecule has 0 bridgehead atoms. The maximum atomic E-state index is 11.9. The third kappa shape index (κ3) is 3.41. The minimum Gasteiger partial charge on any atom is -0.397 e. The van der Waals surface area contributed by atoms with Gasteiger partial charge in [0.05, 0.1) is 22.4 Å². The van der Waals surface area contributed by atoms with E-state index in [9.17, 15) is 13.5 Å². The van der Waals surface area contributed by atoms with E-state index < -0.39 is 10.0 Å². The Balaban J connectivity index is 2.08. The van der Waals surface area contributed by atoms with E-state index in [0.717, 1.165) is 12.8 Å². The molecule has 20 heavy (non-hydrogen) atoms. The zero-order valence-corrected chi connectivity index (χ0v) is 12.3. The monoisotopic (exact) mass is 299 g/mol. The van der Waals surface area contributed by atoms with Gasteiger partial charge in [0.25, 0.3) is 0 Å². The predicted molar refractivity (Wildman–Crippen MR) is 78.9 cm³/mol.